The molecule has 0 fully saturated rings. The Labute approximate surface area is 128 Å². The van der Waals surface area contributed by atoms with E-state index in [0.29, 0.717) is 22.0 Å². The Balaban J connectivity index is 2.65. The van der Waals surface area contributed by atoms with Gasteiger partial charge in [-0.1, -0.05) is 46.3 Å². The summed E-state index contributed by atoms with van der Waals surface area (Å²) in [7, 11) is 0. The van der Waals surface area contributed by atoms with E-state index in [2.05, 4.69) is 15.9 Å². The van der Waals surface area contributed by atoms with Crippen LogP contribution in [0, 0.1) is 0 Å². The van der Waals surface area contributed by atoms with Crippen LogP contribution in [0.5, 0.6) is 0 Å². The van der Waals surface area contributed by atoms with Crippen LogP contribution in [0.25, 0.3) is 11.1 Å². The lowest BCUT2D eigenvalue weighted by atomic mass is 9.94. The van der Waals surface area contributed by atoms with Crippen molar-refractivity contribution in [3.63, 3.8) is 0 Å². The largest absolute Gasteiger partial charge is 0.417 e. The lowest BCUT2D eigenvalue weighted by Crippen LogP contribution is -2.07. The van der Waals surface area contributed by atoms with Gasteiger partial charge in [-0.25, -0.2) is 0 Å². The minimum absolute atomic E-state index is 0.118. The molecule has 0 bridgehead atoms. The van der Waals surface area contributed by atoms with Crippen molar-refractivity contribution in [2.24, 2.45) is 0 Å². The Morgan fingerprint density at radius 1 is 1.10 bits per heavy atom. The summed E-state index contributed by atoms with van der Waals surface area (Å²) in [4.78, 5) is 11.4. The van der Waals surface area contributed by atoms with E-state index in [9.17, 15) is 18.0 Å². The van der Waals surface area contributed by atoms with E-state index in [1.54, 1.807) is 24.3 Å². The molecular formula is C16H12BrF3O. The SMILES string of the molecule is CC(=O)c1ccc(-c2ccccc2C(F)(F)F)c(CBr)c1. The third kappa shape index (κ3) is 3.35. The summed E-state index contributed by atoms with van der Waals surface area (Å²) in [6.07, 6.45) is -4.42. The van der Waals surface area contributed by atoms with Crippen LogP contribution in [0.4, 0.5) is 13.2 Å². The van der Waals surface area contributed by atoms with Crippen molar-refractivity contribution in [2.45, 2.75) is 18.4 Å². The zero-order valence-electron chi connectivity index (χ0n) is 11.2. The number of hydrogen-bond donors (Lipinski definition) is 0. The molecule has 0 spiro atoms. The van der Waals surface area contributed by atoms with Gasteiger partial charge in [0, 0.05) is 10.9 Å². The van der Waals surface area contributed by atoms with Crippen LogP contribution in [0.3, 0.4) is 0 Å². The van der Waals surface area contributed by atoms with Crippen LogP contribution in [0.2, 0.25) is 0 Å². The summed E-state index contributed by atoms with van der Waals surface area (Å²) in [5, 5.41) is 0.371. The molecule has 1 nitrogen and oxygen atoms in total. The maximum absolute atomic E-state index is 13.1. The predicted octanol–water partition coefficient (Wildman–Crippen LogP) is 5.47. The molecule has 0 N–H and O–H groups in total. The quantitative estimate of drug-likeness (QED) is 0.526. The molecule has 2 aromatic carbocycles. The molecule has 0 saturated carbocycles. The van der Waals surface area contributed by atoms with E-state index in [0.717, 1.165) is 6.07 Å². The minimum atomic E-state index is -4.42. The van der Waals surface area contributed by atoms with Crippen molar-refractivity contribution in [1.82, 2.24) is 0 Å². The van der Waals surface area contributed by atoms with Crippen LogP contribution in [0.1, 0.15) is 28.4 Å². The van der Waals surface area contributed by atoms with Gasteiger partial charge in [-0.2, -0.15) is 13.2 Å². The Morgan fingerprint density at radius 3 is 2.33 bits per heavy atom. The zero-order valence-corrected chi connectivity index (χ0v) is 12.8. The number of benzene rings is 2. The Hall–Kier alpha value is -1.62. The Kier molecular flexibility index (Phi) is 4.52. The molecule has 0 radical (unpaired) electrons. The van der Waals surface area contributed by atoms with Crippen LogP contribution >= 0.6 is 15.9 Å². The predicted molar refractivity (Wildman–Crippen MR) is 79.5 cm³/mol. The molecule has 0 saturated heterocycles. The fourth-order valence-corrected chi connectivity index (χ4v) is 2.62. The first kappa shape index (κ1) is 15.8. The molecular weight excluding hydrogens is 345 g/mol. The van der Waals surface area contributed by atoms with Crippen molar-refractivity contribution in [2.75, 3.05) is 0 Å². The summed E-state index contributed by atoms with van der Waals surface area (Å²) in [6, 6.07) is 10.2. The first-order chi connectivity index (χ1) is 9.84. The van der Waals surface area contributed by atoms with Gasteiger partial charge in [-0.05, 0) is 35.7 Å². The molecule has 0 atom stereocenters. The normalized spacial score (nSPS) is 11.5. The maximum atomic E-state index is 13.1. The van der Waals surface area contributed by atoms with E-state index in [1.807, 2.05) is 0 Å². The molecule has 110 valence electrons. The smallest absolute Gasteiger partial charge is 0.295 e. The topological polar surface area (TPSA) is 17.1 Å². The minimum Gasteiger partial charge on any atom is -0.295 e. The van der Waals surface area contributed by atoms with Crippen molar-refractivity contribution < 1.29 is 18.0 Å². The van der Waals surface area contributed by atoms with E-state index in [1.165, 1.54) is 19.1 Å². The number of hydrogen-bond acceptors (Lipinski definition) is 1. The van der Waals surface area contributed by atoms with E-state index >= 15 is 0 Å². The highest BCUT2D eigenvalue weighted by molar-refractivity contribution is 9.08. The third-order valence-electron chi connectivity index (χ3n) is 3.18. The molecule has 0 unspecified atom stereocenters. The summed E-state index contributed by atoms with van der Waals surface area (Å²) in [5.74, 6) is -0.118. The summed E-state index contributed by atoms with van der Waals surface area (Å²) in [6.45, 7) is 1.43. The molecule has 0 aliphatic rings. The van der Waals surface area contributed by atoms with Gasteiger partial charge in [0.25, 0.3) is 0 Å². The van der Waals surface area contributed by atoms with Gasteiger partial charge in [0.2, 0.25) is 0 Å². The van der Waals surface area contributed by atoms with Gasteiger partial charge in [0.1, 0.15) is 0 Å². The van der Waals surface area contributed by atoms with Crippen molar-refractivity contribution in [1.29, 1.82) is 0 Å². The highest BCUT2D eigenvalue weighted by Crippen LogP contribution is 2.38. The second-order valence-electron chi connectivity index (χ2n) is 4.61. The molecule has 21 heavy (non-hydrogen) atoms. The summed E-state index contributed by atoms with van der Waals surface area (Å²) >= 11 is 3.27. The van der Waals surface area contributed by atoms with Crippen molar-refractivity contribution >= 4 is 21.7 Å². The average Bonchev–Trinajstić information content (AvgIpc) is 2.45. The van der Waals surface area contributed by atoms with Gasteiger partial charge < -0.3 is 0 Å². The summed E-state index contributed by atoms with van der Waals surface area (Å²) < 4.78 is 39.3. The second-order valence-corrected chi connectivity index (χ2v) is 5.17. The van der Waals surface area contributed by atoms with Gasteiger partial charge in [-0.15, -0.1) is 0 Å². The first-order valence-corrected chi connectivity index (χ1v) is 7.33. The van der Waals surface area contributed by atoms with E-state index in [4.69, 9.17) is 0 Å². The van der Waals surface area contributed by atoms with Crippen LogP contribution in [-0.4, -0.2) is 5.78 Å². The molecule has 2 aromatic rings. The number of halogens is 4. The van der Waals surface area contributed by atoms with E-state index in [-0.39, 0.29) is 11.3 Å². The van der Waals surface area contributed by atoms with Crippen LogP contribution in [0.15, 0.2) is 42.5 Å². The lowest BCUT2D eigenvalue weighted by molar-refractivity contribution is -0.137. The molecule has 0 aliphatic heterocycles. The summed E-state index contributed by atoms with van der Waals surface area (Å²) in [5.41, 5.74) is 1.05. The van der Waals surface area contributed by atoms with E-state index < -0.39 is 11.7 Å². The van der Waals surface area contributed by atoms with Gasteiger partial charge in [-0.3, -0.25) is 4.79 Å². The molecule has 2 rings (SSSR count). The first-order valence-electron chi connectivity index (χ1n) is 6.21. The lowest BCUT2D eigenvalue weighted by Gasteiger charge is -2.15. The number of rotatable bonds is 3. The number of carbonyl (C=O) groups is 1. The van der Waals surface area contributed by atoms with Crippen LogP contribution in [-0.2, 0) is 11.5 Å². The fourth-order valence-electron chi connectivity index (χ4n) is 2.15. The maximum Gasteiger partial charge on any atom is 0.417 e. The fraction of sp³-hybridized carbons (Fsp3) is 0.188. The van der Waals surface area contributed by atoms with Gasteiger partial charge >= 0.3 is 6.18 Å². The highest BCUT2D eigenvalue weighted by Gasteiger charge is 2.33. The Morgan fingerprint density at radius 2 is 1.76 bits per heavy atom. The number of alkyl halides is 4. The second kappa shape index (κ2) is 6.02. The average molecular weight is 357 g/mol. The number of Topliss-reactive ketones (excluding diaryl/α,β-unsaturated/α-hetero) is 1. The molecule has 0 heterocycles. The van der Waals surface area contributed by atoms with Crippen molar-refractivity contribution in [3.8, 4) is 11.1 Å². The molecule has 5 heteroatoms. The molecule has 0 aliphatic carbocycles. The highest BCUT2D eigenvalue weighted by atomic mass is 79.9. The number of ketones is 1. The third-order valence-corrected chi connectivity index (χ3v) is 3.78. The monoisotopic (exact) mass is 356 g/mol. The van der Waals surface area contributed by atoms with Crippen LogP contribution < -0.4 is 0 Å². The molecule has 0 aromatic heterocycles. The number of carbonyl (C=O) groups excluding carboxylic acids is 1. The zero-order chi connectivity index (χ0) is 15.6. The van der Waals surface area contributed by atoms with Crippen molar-refractivity contribution in [3.05, 3.63) is 59.2 Å². The van der Waals surface area contributed by atoms with Gasteiger partial charge in [0.05, 0.1) is 5.56 Å². The standard InChI is InChI=1S/C16H12BrF3O/c1-10(21)11-6-7-13(12(8-11)9-17)14-4-2-3-5-15(14)16(18,19)20/h2-8H,9H2,1H3. The molecule has 0 amide bonds. The Bertz CT molecular complexity index is 677. The van der Waals surface area contributed by atoms with Gasteiger partial charge in [0.15, 0.2) is 5.78 Å².